The molecule has 3 aromatic rings. The molecule has 0 fully saturated rings. The number of ether oxygens (including phenoxy) is 1. The fourth-order valence-corrected chi connectivity index (χ4v) is 2.16. The van der Waals surface area contributed by atoms with Gasteiger partial charge in [0, 0.05) is 5.56 Å². The topological polar surface area (TPSA) is 42.6 Å². The third-order valence-corrected chi connectivity index (χ3v) is 3.25. The van der Waals surface area contributed by atoms with E-state index in [1.807, 2.05) is 36.4 Å². The van der Waals surface area contributed by atoms with E-state index in [9.17, 15) is 5.11 Å². The summed E-state index contributed by atoms with van der Waals surface area (Å²) in [7, 11) is 1.65. The number of furan rings is 1. The molecule has 19 heavy (non-hydrogen) atoms. The van der Waals surface area contributed by atoms with E-state index in [2.05, 4.69) is 0 Å². The molecule has 2 aromatic carbocycles. The van der Waals surface area contributed by atoms with Crippen molar-refractivity contribution in [3.05, 3.63) is 66.1 Å². The highest BCUT2D eigenvalue weighted by molar-refractivity contribution is 5.84. The molecule has 3 heteroatoms. The smallest absolute Gasteiger partial charge is 0.119 e. The minimum atomic E-state index is -0.662. The Balaban J connectivity index is 2.02. The Morgan fingerprint density at radius 3 is 2.53 bits per heavy atom. The van der Waals surface area contributed by atoms with E-state index >= 15 is 0 Å². The van der Waals surface area contributed by atoms with Gasteiger partial charge in [-0.2, -0.15) is 0 Å². The number of aliphatic hydroxyl groups is 1. The molecule has 0 saturated heterocycles. The lowest BCUT2D eigenvalue weighted by Crippen LogP contribution is -1.97. The summed E-state index contributed by atoms with van der Waals surface area (Å²) >= 11 is 0. The molecule has 0 aliphatic rings. The number of methoxy groups -OCH3 is 1. The molecule has 0 spiro atoms. The summed E-state index contributed by atoms with van der Waals surface area (Å²) in [6.45, 7) is 0. The summed E-state index contributed by atoms with van der Waals surface area (Å²) in [6.07, 6.45) is 2.46. The monoisotopic (exact) mass is 254 g/mol. The summed E-state index contributed by atoms with van der Waals surface area (Å²) in [5.41, 5.74) is 1.60. The van der Waals surface area contributed by atoms with Crippen LogP contribution in [-0.4, -0.2) is 12.2 Å². The molecule has 0 bridgehead atoms. The second kappa shape index (κ2) is 4.78. The van der Waals surface area contributed by atoms with Crippen LogP contribution < -0.4 is 4.74 Å². The lowest BCUT2D eigenvalue weighted by atomic mass is 10.0. The average molecular weight is 254 g/mol. The van der Waals surface area contributed by atoms with Crippen molar-refractivity contribution in [3.8, 4) is 5.75 Å². The van der Waals surface area contributed by atoms with Gasteiger partial charge < -0.3 is 14.3 Å². The lowest BCUT2D eigenvalue weighted by Gasteiger charge is -2.10. The van der Waals surface area contributed by atoms with Crippen LogP contribution >= 0.6 is 0 Å². The Hall–Kier alpha value is -2.26. The SMILES string of the molecule is COc1ccc2cc(C(O)c3ccoc3)ccc2c1. The van der Waals surface area contributed by atoms with Gasteiger partial charge in [-0.3, -0.25) is 0 Å². The Bertz CT molecular complexity index is 686. The zero-order chi connectivity index (χ0) is 13.2. The first-order chi connectivity index (χ1) is 9.28. The Kier molecular flexibility index (Phi) is 2.97. The molecule has 1 atom stereocenters. The molecule has 0 amide bonds. The Labute approximate surface area is 111 Å². The number of aliphatic hydroxyl groups excluding tert-OH is 1. The van der Waals surface area contributed by atoms with E-state index in [-0.39, 0.29) is 0 Å². The van der Waals surface area contributed by atoms with E-state index < -0.39 is 6.10 Å². The van der Waals surface area contributed by atoms with E-state index in [0.717, 1.165) is 27.6 Å². The van der Waals surface area contributed by atoms with Crippen LogP contribution in [0.4, 0.5) is 0 Å². The van der Waals surface area contributed by atoms with Crippen LogP contribution in [0.25, 0.3) is 10.8 Å². The summed E-state index contributed by atoms with van der Waals surface area (Å²) in [5.74, 6) is 0.829. The fraction of sp³-hybridized carbons (Fsp3) is 0.125. The molecule has 1 unspecified atom stereocenters. The van der Waals surface area contributed by atoms with Crippen LogP contribution in [0, 0.1) is 0 Å². The van der Waals surface area contributed by atoms with Gasteiger partial charge in [0.2, 0.25) is 0 Å². The molecular weight excluding hydrogens is 240 g/mol. The molecule has 0 aliphatic carbocycles. The maximum atomic E-state index is 10.3. The summed E-state index contributed by atoms with van der Waals surface area (Å²) in [6, 6.07) is 13.5. The van der Waals surface area contributed by atoms with Gasteiger partial charge in [0.1, 0.15) is 11.9 Å². The number of rotatable bonds is 3. The Morgan fingerprint density at radius 2 is 1.79 bits per heavy atom. The Morgan fingerprint density at radius 1 is 1.00 bits per heavy atom. The predicted octanol–water partition coefficient (Wildman–Crippen LogP) is 3.52. The molecular formula is C16H14O3. The maximum Gasteiger partial charge on any atom is 0.119 e. The first-order valence-electron chi connectivity index (χ1n) is 6.06. The minimum Gasteiger partial charge on any atom is -0.497 e. The lowest BCUT2D eigenvalue weighted by molar-refractivity contribution is 0.219. The first kappa shape index (κ1) is 11.8. The highest BCUT2D eigenvalue weighted by Gasteiger charge is 2.12. The van der Waals surface area contributed by atoms with Crippen molar-refractivity contribution in [1.82, 2.24) is 0 Å². The molecule has 0 aliphatic heterocycles. The molecule has 1 N–H and O–H groups in total. The van der Waals surface area contributed by atoms with Gasteiger partial charge in [0.05, 0.1) is 19.6 Å². The molecule has 3 rings (SSSR count). The van der Waals surface area contributed by atoms with E-state index in [0.29, 0.717) is 0 Å². The number of hydrogen-bond donors (Lipinski definition) is 1. The molecule has 3 nitrogen and oxygen atoms in total. The van der Waals surface area contributed by atoms with E-state index in [4.69, 9.17) is 9.15 Å². The summed E-state index contributed by atoms with van der Waals surface area (Å²) in [4.78, 5) is 0. The van der Waals surface area contributed by atoms with Crippen LogP contribution in [0.5, 0.6) is 5.75 Å². The van der Waals surface area contributed by atoms with Gasteiger partial charge >= 0.3 is 0 Å². The summed E-state index contributed by atoms with van der Waals surface area (Å²) < 4.78 is 10.2. The van der Waals surface area contributed by atoms with Gasteiger partial charge in [0.25, 0.3) is 0 Å². The largest absolute Gasteiger partial charge is 0.497 e. The van der Waals surface area contributed by atoms with Crippen molar-refractivity contribution in [2.45, 2.75) is 6.10 Å². The molecule has 96 valence electrons. The van der Waals surface area contributed by atoms with Gasteiger partial charge in [-0.1, -0.05) is 18.2 Å². The van der Waals surface area contributed by atoms with Crippen LogP contribution in [0.3, 0.4) is 0 Å². The molecule has 0 saturated carbocycles. The van der Waals surface area contributed by atoms with Gasteiger partial charge in [-0.05, 0) is 40.6 Å². The second-order valence-corrected chi connectivity index (χ2v) is 4.43. The third kappa shape index (κ3) is 2.20. The van der Waals surface area contributed by atoms with Gasteiger partial charge in [-0.15, -0.1) is 0 Å². The normalized spacial score (nSPS) is 12.5. The fourth-order valence-electron chi connectivity index (χ4n) is 2.16. The van der Waals surface area contributed by atoms with Gasteiger partial charge in [0.15, 0.2) is 0 Å². The van der Waals surface area contributed by atoms with Crippen molar-refractivity contribution < 1.29 is 14.3 Å². The zero-order valence-electron chi connectivity index (χ0n) is 10.5. The number of hydrogen-bond acceptors (Lipinski definition) is 3. The average Bonchev–Trinajstić information content (AvgIpc) is 2.99. The van der Waals surface area contributed by atoms with Crippen molar-refractivity contribution in [1.29, 1.82) is 0 Å². The van der Waals surface area contributed by atoms with Crippen LogP contribution in [-0.2, 0) is 0 Å². The predicted molar refractivity (Wildman–Crippen MR) is 73.3 cm³/mol. The standard InChI is InChI=1S/C16H14O3/c1-18-15-5-4-11-8-13(3-2-12(11)9-15)16(17)14-6-7-19-10-14/h2-10,16-17H,1H3. The number of benzene rings is 2. The van der Waals surface area contributed by atoms with Crippen molar-refractivity contribution in [3.63, 3.8) is 0 Å². The van der Waals surface area contributed by atoms with Crippen molar-refractivity contribution in [2.75, 3.05) is 7.11 Å². The minimum absolute atomic E-state index is 0.662. The van der Waals surface area contributed by atoms with Crippen LogP contribution in [0.15, 0.2) is 59.4 Å². The highest BCUT2D eigenvalue weighted by Crippen LogP contribution is 2.27. The van der Waals surface area contributed by atoms with Crippen molar-refractivity contribution in [2.24, 2.45) is 0 Å². The van der Waals surface area contributed by atoms with Crippen molar-refractivity contribution >= 4 is 10.8 Å². The highest BCUT2D eigenvalue weighted by atomic mass is 16.5. The second-order valence-electron chi connectivity index (χ2n) is 4.43. The molecule has 0 radical (unpaired) electrons. The molecule has 1 heterocycles. The third-order valence-electron chi connectivity index (χ3n) is 3.25. The van der Waals surface area contributed by atoms with Gasteiger partial charge in [-0.25, -0.2) is 0 Å². The number of fused-ring (bicyclic) bond motifs is 1. The quantitative estimate of drug-likeness (QED) is 0.777. The van der Waals surface area contributed by atoms with Crippen LogP contribution in [0.1, 0.15) is 17.2 Å². The zero-order valence-corrected chi connectivity index (χ0v) is 10.5. The van der Waals surface area contributed by atoms with E-state index in [1.165, 1.54) is 0 Å². The van der Waals surface area contributed by atoms with Crippen LogP contribution in [0.2, 0.25) is 0 Å². The maximum absolute atomic E-state index is 10.3. The summed E-state index contributed by atoms with van der Waals surface area (Å²) in [5, 5.41) is 12.4. The first-order valence-corrected chi connectivity index (χ1v) is 6.06. The molecule has 1 aromatic heterocycles. The van der Waals surface area contributed by atoms with E-state index in [1.54, 1.807) is 25.7 Å².